The molecule has 0 spiro atoms. The van der Waals surface area contributed by atoms with Crippen molar-refractivity contribution >= 4 is 13.5 Å². The molecule has 1 atom stereocenters. The molecule has 4 heteroatoms. The van der Waals surface area contributed by atoms with E-state index >= 15 is 0 Å². The van der Waals surface area contributed by atoms with E-state index in [1.165, 1.54) is 18.2 Å². The van der Waals surface area contributed by atoms with E-state index in [4.69, 9.17) is 4.43 Å². The molecule has 1 aliphatic rings. The van der Waals surface area contributed by atoms with E-state index in [1.807, 2.05) is 6.07 Å². The highest BCUT2D eigenvalue weighted by Gasteiger charge is 2.45. The summed E-state index contributed by atoms with van der Waals surface area (Å²) >= 11 is 0. The predicted molar refractivity (Wildman–Crippen MR) is 82.1 cm³/mol. The van der Waals surface area contributed by atoms with Crippen LogP contribution in [0.4, 0.5) is 8.78 Å². The van der Waals surface area contributed by atoms with Crippen molar-refractivity contribution in [1.82, 2.24) is 0 Å². The Labute approximate surface area is 124 Å². The summed E-state index contributed by atoms with van der Waals surface area (Å²) in [6, 6.07) is 13.2. The van der Waals surface area contributed by atoms with E-state index in [0.717, 1.165) is 28.4 Å². The van der Waals surface area contributed by atoms with E-state index in [2.05, 4.69) is 13.8 Å². The van der Waals surface area contributed by atoms with Gasteiger partial charge >= 0.3 is 0 Å². The number of fused-ring (bicyclic) bond motifs is 1. The molecule has 1 unspecified atom stereocenters. The zero-order chi connectivity index (χ0) is 15.0. The number of halogens is 2. The lowest BCUT2D eigenvalue weighted by molar-refractivity contribution is 0.253. The summed E-state index contributed by atoms with van der Waals surface area (Å²) in [4.78, 5) is 0. The van der Waals surface area contributed by atoms with E-state index in [1.54, 1.807) is 18.2 Å². The van der Waals surface area contributed by atoms with Gasteiger partial charge in [0.25, 0.3) is 0 Å². The first-order valence-electron chi connectivity index (χ1n) is 7.33. The SMILES string of the molecule is CC[Si]1(CC)OC(c2ccc(F)cc2)c2ccc(F)cc21. The Balaban J connectivity index is 2.12. The first-order valence-corrected chi connectivity index (χ1v) is 9.65. The maximum atomic E-state index is 13.7. The normalized spacial score (nSPS) is 19.5. The van der Waals surface area contributed by atoms with Crippen molar-refractivity contribution in [3.8, 4) is 0 Å². The van der Waals surface area contributed by atoms with Gasteiger partial charge < -0.3 is 4.43 Å². The molecular formula is C17H18F2OSi. The molecule has 0 bridgehead atoms. The molecule has 0 fully saturated rings. The lowest BCUT2D eigenvalue weighted by atomic mass is 10.0. The molecule has 21 heavy (non-hydrogen) atoms. The maximum Gasteiger partial charge on any atom is 0.225 e. The molecule has 0 saturated carbocycles. The molecule has 0 N–H and O–H groups in total. The monoisotopic (exact) mass is 304 g/mol. The highest BCUT2D eigenvalue weighted by atomic mass is 28.4. The Kier molecular flexibility index (Phi) is 3.67. The van der Waals surface area contributed by atoms with Crippen LogP contribution in [-0.2, 0) is 4.43 Å². The molecule has 0 radical (unpaired) electrons. The van der Waals surface area contributed by atoms with Crippen LogP contribution in [0.3, 0.4) is 0 Å². The van der Waals surface area contributed by atoms with E-state index in [-0.39, 0.29) is 17.7 Å². The van der Waals surface area contributed by atoms with Gasteiger partial charge in [-0.25, -0.2) is 8.78 Å². The molecule has 1 aliphatic heterocycles. The highest BCUT2D eigenvalue weighted by Crippen LogP contribution is 2.38. The molecule has 0 aromatic heterocycles. The second-order valence-electron chi connectivity index (χ2n) is 5.48. The van der Waals surface area contributed by atoms with Crippen LogP contribution < -0.4 is 5.19 Å². The number of hydrogen-bond acceptors (Lipinski definition) is 1. The molecule has 2 aromatic carbocycles. The predicted octanol–water partition coefficient (Wildman–Crippen LogP) is 4.28. The van der Waals surface area contributed by atoms with Crippen molar-refractivity contribution < 1.29 is 13.2 Å². The lowest BCUT2D eigenvalue weighted by Gasteiger charge is -2.25. The summed E-state index contributed by atoms with van der Waals surface area (Å²) in [6.07, 6.45) is -0.201. The third kappa shape index (κ3) is 2.32. The Hall–Kier alpha value is -1.52. The topological polar surface area (TPSA) is 9.23 Å². The zero-order valence-corrected chi connectivity index (χ0v) is 13.2. The van der Waals surface area contributed by atoms with Crippen LogP contribution in [-0.4, -0.2) is 8.32 Å². The zero-order valence-electron chi connectivity index (χ0n) is 12.2. The summed E-state index contributed by atoms with van der Waals surface area (Å²) in [5.74, 6) is -0.471. The summed E-state index contributed by atoms with van der Waals surface area (Å²) in [6.45, 7) is 4.22. The number of benzene rings is 2. The summed E-state index contributed by atoms with van der Waals surface area (Å²) in [5, 5.41) is 1.06. The van der Waals surface area contributed by atoms with Gasteiger partial charge in [-0.2, -0.15) is 0 Å². The van der Waals surface area contributed by atoms with Crippen molar-refractivity contribution in [2.75, 3.05) is 0 Å². The second kappa shape index (κ2) is 5.35. The molecule has 0 saturated heterocycles. The minimum Gasteiger partial charge on any atom is -0.401 e. The van der Waals surface area contributed by atoms with Crippen LogP contribution in [0.5, 0.6) is 0 Å². The fourth-order valence-corrected chi connectivity index (χ4v) is 6.76. The molecule has 2 aromatic rings. The fourth-order valence-electron chi connectivity index (χ4n) is 3.19. The Morgan fingerprint density at radius 1 is 0.952 bits per heavy atom. The van der Waals surface area contributed by atoms with Gasteiger partial charge in [-0.05, 0) is 52.7 Å². The van der Waals surface area contributed by atoms with Crippen LogP contribution in [0.2, 0.25) is 12.1 Å². The largest absolute Gasteiger partial charge is 0.401 e. The van der Waals surface area contributed by atoms with Crippen LogP contribution in [0.15, 0.2) is 42.5 Å². The maximum absolute atomic E-state index is 13.7. The van der Waals surface area contributed by atoms with Gasteiger partial charge in [0.05, 0.1) is 6.10 Å². The molecule has 0 aliphatic carbocycles. The van der Waals surface area contributed by atoms with Gasteiger partial charge in [-0.3, -0.25) is 0 Å². The Morgan fingerprint density at radius 2 is 1.57 bits per heavy atom. The summed E-state index contributed by atoms with van der Waals surface area (Å²) in [5.41, 5.74) is 1.97. The Morgan fingerprint density at radius 3 is 2.19 bits per heavy atom. The fraction of sp³-hybridized carbons (Fsp3) is 0.294. The average Bonchev–Trinajstić information content (AvgIpc) is 2.82. The first-order chi connectivity index (χ1) is 10.1. The summed E-state index contributed by atoms with van der Waals surface area (Å²) < 4.78 is 33.3. The lowest BCUT2D eigenvalue weighted by Crippen LogP contribution is -2.45. The average molecular weight is 304 g/mol. The van der Waals surface area contributed by atoms with Crippen LogP contribution in [0.25, 0.3) is 0 Å². The van der Waals surface area contributed by atoms with Gasteiger partial charge in [0.15, 0.2) is 0 Å². The van der Waals surface area contributed by atoms with Crippen LogP contribution in [0, 0.1) is 11.6 Å². The Bertz CT molecular complexity index is 650. The van der Waals surface area contributed by atoms with E-state index in [9.17, 15) is 8.78 Å². The van der Waals surface area contributed by atoms with Gasteiger partial charge in [0.1, 0.15) is 11.6 Å². The van der Waals surface area contributed by atoms with E-state index in [0.29, 0.717) is 0 Å². The quantitative estimate of drug-likeness (QED) is 0.769. The minimum absolute atomic E-state index is 0.201. The van der Waals surface area contributed by atoms with Crippen molar-refractivity contribution in [3.05, 3.63) is 65.2 Å². The smallest absolute Gasteiger partial charge is 0.225 e. The number of hydrogen-bond donors (Lipinski definition) is 0. The molecule has 3 rings (SSSR count). The summed E-state index contributed by atoms with van der Waals surface area (Å²) in [7, 11) is -2.13. The highest BCUT2D eigenvalue weighted by molar-refractivity contribution is 6.87. The van der Waals surface area contributed by atoms with Gasteiger partial charge in [0, 0.05) is 0 Å². The second-order valence-corrected chi connectivity index (χ2v) is 9.66. The number of rotatable bonds is 3. The van der Waals surface area contributed by atoms with E-state index < -0.39 is 8.32 Å². The molecule has 0 amide bonds. The molecule has 110 valence electrons. The standard InChI is InChI=1S/C17H18F2OSi/c1-3-21(4-2)16-11-14(19)9-10-15(16)17(20-21)12-5-7-13(18)8-6-12/h5-11,17H,3-4H2,1-2H3. The van der Waals surface area contributed by atoms with Crippen LogP contribution in [0.1, 0.15) is 31.1 Å². The third-order valence-corrected chi connectivity index (χ3v) is 8.83. The molecule has 1 nitrogen and oxygen atoms in total. The van der Waals surface area contributed by atoms with Crippen molar-refractivity contribution in [1.29, 1.82) is 0 Å². The van der Waals surface area contributed by atoms with Gasteiger partial charge in [-0.1, -0.05) is 32.0 Å². The van der Waals surface area contributed by atoms with Crippen molar-refractivity contribution in [2.45, 2.75) is 32.0 Å². The molecular weight excluding hydrogens is 286 g/mol. The van der Waals surface area contributed by atoms with Crippen molar-refractivity contribution in [2.24, 2.45) is 0 Å². The van der Waals surface area contributed by atoms with Gasteiger partial charge in [-0.15, -0.1) is 0 Å². The van der Waals surface area contributed by atoms with Crippen LogP contribution >= 0.6 is 0 Å². The van der Waals surface area contributed by atoms with Crippen molar-refractivity contribution in [3.63, 3.8) is 0 Å². The first kappa shape index (κ1) is 14.4. The molecule has 1 heterocycles. The third-order valence-electron chi connectivity index (χ3n) is 4.45. The van der Waals surface area contributed by atoms with Gasteiger partial charge in [0.2, 0.25) is 8.32 Å². The minimum atomic E-state index is -2.13.